The van der Waals surface area contributed by atoms with Crippen molar-refractivity contribution in [2.45, 2.75) is 70.6 Å². The van der Waals surface area contributed by atoms with Crippen LogP contribution < -0.4 is 20.1 Å². The van der Waals surface area contributed by atoms with Crippen molar-refractivity contribution in [2.24, 2.45) is 5.92 Å². The number of benzene rings is 3. The van der Waals surface area contributed by atoms with Crippen molar-refractivity contribution >= 4 is 49.3 Å². The molecule has 16 heteroatoms. The first kappa shape index (κ1) is 41.8. The van der Waals surface area contributed by atoms with Crippen LogP contribution in [0.25, 0.3) is 5.57 Å². The molecule has 8 rings (SSSR count). The average molecular weight is 859 g/mol. The second kappa shape index (κ2) is 15.9. The summed E-state index contributed by atoms with van der Waals surface area (Å²) in [6.45, 7) is 10.1. The largest absolute Gasteiger partial charge is 0.748 e. The van der Waals surface area contributed by atoms with E-state index in [4.69, 9.17) is 4.84 Å². The zero-order valence-electron chi connectivity index (χ0n) is 33.9. The molecule has 3 aromatic carbocycles. The van der Waals surface area contributed by atoms with Crippen LogP contribution in [0.4, 0.5) is 5.69 Å². The molecule has 1 N–H and O–H groups in total. The number of hydrogen-bond donors (Lipinski definition) is 1. The van der Waals surface area contributed by atoms with Gasteiger partial charge in [-0.05, 0) is 101 Å². The number of piperidine rings is 1. The van der Waals surface area contributed by atoms with E-state index >= 15 is 0 Å². The van der Waals surface area contributed by atoms with Gasteiger partial charge in [-0.2, -0.15) is 8.42 Å². The number of fused-ring (bicyclic) bond motifs is 4. The number of aryl methyl sites for hydroxylation is 2. The van der Waals surface area contributed by atoms with Crippen molar-refractivity contribution in [3.8, 4) is 0 Å². The van der Waals surface area contributed by atoms with Crippen LogP contribution in [-0.2, 0) is 52.9 Å². The predicted octanol–water partition coefficient (Wildman–Crippen LogP) is 2.64. The van der Waals surface area contributed by atoms with Gasteiger partial charge in [-0.1, -0.05) is 38.6 Å². The van der Waals surface area contributed by atoms with Gasteiger partial charge in [0.15, 0.2) is 6.54 Å². The maximum absolute atomic E-state index is 14.7. The van der Waals surface area contributed by atoms with Gasteiger partial charge >= 0.3 is 5.97 Å². The van der Waals surface area contributed by atoms with Crippen LogP contribution in [0.1, 0.15) is 96.1 Å². The molecule has 3 aromatic rings. The van der Waals surface area contributed by atoms with Gasteiger partial charge in [0.2, 0.25) is 5.36 Å². The molecule has 0 unspecified atom stereocenters. The number of allylic oxidation sites excluding steroid dienone is 1. The zero-order valence-corrected chi connectivity index (χ0v) is 35.6. The van der Waals surface area contributed by atoms with E-state index in [0.29, 0.717) is 56.7 Å². The lowest BCUT2D eigenvalue weighted by Crippen LogP contribution is -2.44. The van der Waals surface area contributed by atoms with Crippen LogP contribution in [0.3, 0.4) is 0 Å². The number of hydroxylamine groups is 2. The van der Waals surface area contributed by atoms with Crippen LogP contribution in [-0.4, -0.2) is 104 Å². The molecule has 2 saturated heterocycles. The van der Waals surface area contributed by atoms with E-state index in [2.05, 4.69) is 44.7 Å². The lowest BCUT2D eigenvalue weighted by atomic mass is 9.67. The van der Waals surface area contributed by atoms with Crippen molar-refractivity contribution in [3.05, 3.63) is 110 Å². The number of carbonyl (C=O) groups excluding carboxylic acids is 3. The van der Waals surface area contributed by atoms with Gasteiger partial charge in [0.25, 0.3) is 21.9 Å². The summed E-state index contributed by atoms with van der Waals surface area (Å²) in [6, 6.07) is 16.1. The molecular formula is C44H50N4O10S2. The van der Waals surface area contributed by atoms with Crippen LogP contribution in [0.5, 0.6) is 0 Å². The number of nitrogens with zero attached hydrogens (tertiary/aromatic N) is 4. The topological polar surface area (TPSA) is 185 Å². The summed E-state index contributed by atoms with van der Waals surface area (Å²) < 4.78 is 70.5. The number of hydrogen-bond acceptors (Lipinski definition) is 10. The smallest absolute Gasteiger partial charge is 0.336 e. The minimum Gasteiger partial charge on any atom is -0.748 e. The summed E-state index contributed by atoms with van der Waals surface area (Å²) in [5.41, 5.74) is 7.73. The molecule has 14 nitrogen and oxygen atoms in total. The minimum atomic E-state index is -4.45. The quantitative estimate of drug-likeness (QED) is 0.234. The summed E-state index contributed by atoms with van der Waals surface area (Å²) >= 11 is 0. The van der Waals surface area contributed by atoms with Gasteiger partial charge in [0.1, 0.15) is 12.3 Å². The first-order valence-corrected chi connectivity index (χ1v) is 23.8. The van der Waals surface area contributed by atoms with E-state index in [9.17, 15) is 40.3 Å². The Bertz CT molecular complexity index is 2670. The SMILES string of the molecule is C=C1CCC(=O)N1OC(=O)C1CCN(C(=O)c2ccccc2C2=c3cc4c(cc3C(C)(C)c3cc5c(cc32)CCCN5CCS(=O)(=O)[O-])=[N+](CCS(=O)(=O)O)CCC4)CC1. The monoisotopic (exact) mass is 858 g/mol. The molecule has 60 heavy (non-hydrogen) atoms. The Morgan fingerprint density at radius 2 is 1.65 bits per heavy atom. The van der Waals surface area contributed by atoms with Gasteiger partial charge in [-0.25, -0.2) is 17.8 Å². The summed E-state index contributed by atoms with van der Waals surface area (Å²) in [5.74, 6) is -2.40. The normalized spacial score (nSPS) is 19.2. The number of rotatable bonds is 10. The lowest BCUT2D eigenvalue weighted by molar-refractivity contribution is -0.191. The van der Waals surface area contributed by atoms with Crippen LogP contribution >= 0.6 is 0 Å². The summed E-state index contributed by atoms with van der Waals surface area (Å²) in [7, 11) is -8.65. The Hall–Kier alpha value is -4.90. The molecule has 0 radical (unpaired) electrons. The molecule has 1 aliphatic carbocycles. The fraction of sp³-hybridized carbons (Fsp3) is 0.455. The van der Waals surface area contributed by atoms with E-state index in [0.717, 1.165) is 86.0 Å². The molecule has 2 amide bonds. The van der Waals surface area contributed by atoms with Crippen molar-refractivity contribution in [1.82, 2.24) is 14.5 Å². The number of likely N-dealkylation sites (tertiary alicyclic amines) is 1. The van der Waals surface area contributed by atoms with Gasteiger partial charge in [-0.15, -0.1) is 5.06 Å². The van der Waals surface area contributed by atoms with Crippen molar-refractivity contribution in [3.63, 3.8) is 0 Å². The predicted molar refractivity (Wildman–Crippen MR) is 223 cm³/mol. The Balaban J connectivity index is 1.24. The summed E-state index contributed by atoms with van der Waals surface area (Å²) in [6.07, 6.45) is 4.49. The van der Waals surface area contributed by atoms with Crippen molar-refractivity contribution in [2.75, 3.05) is 55.7 Å². The highest BCUT2D eigenvalue weighted by Gasteiger charge is 2.39. The van der Waals surface area contributed by atoms with Gasteiger partial charge in [0, 0.05) is 67.3 Å². The molecule has 0 bridgehead atoms. The number of amides is 2. The minimum absolute atomic E-state index is 0.0683. The fourth-order valence-corrected chi connectivity index (χ4v) is 10.5. The van der Waals surface area contributed by atoms with E-state index in [1.165, 1.54) is 0 Å². The second-order valence-electron chi connectivity index (χ2n) is 17.1. The average Bonchev–Trinajstić information content (AvgIpc) is 3.52. The number of carbonyl (C=O) groups is 3. The maximum Gasteiger partial charge on any atom is 0.336 e. The van der Waals surface area contributed by atoms with Crippen LogP contribution in [0, 0.1) is 5.92 Å². The molecule has 318 valence electrons. The molecular weight excluding hydrogens is 809 g/mol. The molecule has 5 aliphatic rings. The van der Waals surface area contributed by atoms with Crippen LogP contribution in [0.2, 0.25) is 0 Å². The van der Waals surface area contributed by atoms with Gasteiger partial charge in [0.05, 0.1) is 27.5 Å². The molecule has 4 heterocycles. The maximum atomic E-state index is 14.7. The van der Waals surface area contributed by atoms with Crippen molar-refractivity contribution in [1.29, 1.82) is 0 Å². The van der Waals surface area contributed by atoms with E-state index in [-0.39, 0.29) is 31.3 Å². The Morgan fingerprint density at radius 3 is 2.35 bits per heavy atom. The molecule has 4 aliphatic heterocycles. The Kier molecular flexibility index (Phi) is 11.0. The Labute approximate surface area is 350 Å². The Morgan fingerprint density at radius 1 is 0.917 bits per heavy atom. The molecule has 0 spiro atoms. The van der Waals surface area contributed by atoms with Gasteiger partial charge in [-0.3, -0.25) is 14.1 Å². The summed E-state index contributed by atoms with van der Waals surface area (Å²) in [4.78, 5) is 49.2. The standard InChI is InChI=1S/C44H50N4O10S2/c1-28-12-13-40(49)48(28)58-43(51)29-14-18-47(19-15-29)42(50)33-11-5-4-10-32(33)41-34-24-30-8-6-16-45(20-22-59(52,53)54)38(30)26-36(34)44(2,3)37-27-39-31(25-35(37)41)9-7-17-46(39)21-23-60(55,56)57/h4-5,10-11,24-27,29H,1,6-9,12-23H2,2-3H3,(H-,52,53,54,55,56,57). The van der Waals surface area contributed by atoms with Crippen LogP contribution in [0.15, 0.2) is 60.8 Å². The highest BCUT2D eigenvalue weighted by Crippen LogP contribution is 2.45. The highest BCUT2D eigenvalue weighted by molar-refractivity contribution is 7.86. The zero-order chi connectivity index (χ0) is 42.7. The lowest BCUT2D eigenvalue weighted by Gasteiger charge is -2.39. The van der Waals surface area contributed by atoms with E-state index in [1.807, 2.05) is 33.7 Å². The third-order valence-electron chi connectivity index (χ3n) is 12.8. The fourth-order valence-electron chi connectivity index (χ4n) is 9.64. The number of anilines is 1. The second-order valence-corrected chi connectivity index (χ2v) is 20.2. The molecule has 0 atom stereocenters. The first-order chi connectivity index (χ1) is 28.4. The van der Waals surface area contributed by atoms with Gasteiger partial charge < -0.3 is 19.2 Å². The molecule has 0 aromatic heterocycles. The third-order valence-corrected chi connectivity index (χ3v) is 14.2. The molecule has 0 saturated carbocycles. The molecule has 2 fully saturated rings. The van der Waals surface area contributed by atoms with E-state index < -0.39 is 49.0 Å². The van der Waals surface area contributed by atoms with E-state index in [1.54, 1.807) is 4.90 Å². The first-order valence-electron chi connectivity index (χ1n) is 20.6. The summed E-state index contributed by atoms with van der Waals surface area (Å²) in [5, 5.41) is 2.84. The third kappa shape index (κ3) is 8.14. The van der Waals surface area contributed by atoms with Crippen molar-refractivity contribution < 1.29 is 45.2 Å². The highest BCUT2D eigenvalue weighted by atomic mass is 32.2.